The van der Waals surface area contributed by atoms with Crippen LogP contribution >= 0.6 is 0 Å². The van der Waals surface area contributed by atoms with Crippen LogP contribution in [0.25, 0.3) is 0 Å². The average molecular weight is 263 g/mol. The van der Waals surface area contributed by atoms with Crippen LogP contribution in [0, 0.1) is 0 Å². The van der Waals surface area contributed by atoms with Crippen molar-refractivity contribution in [1.29, 1.82) is 0 Å². The van der Waals surface area contributed by atoms with Crippen LogP contribution in [0.2, 0.25) is 0 Å². The molecule has 0 bridgehead atoms. The minimum Gasteiger partial charge on any atom is -0.480 e. The molecule has 8 N–H and O–H groups in total. The second-order valence-corrected chi connectivity index (χ2v) is 4.06. The van der Waals surface area contributed by atoms with Crippen LogP contribution in [0.1, 0.15) is 19.3 Å². The normalized spacial score (nSPS) is 23.9. The Kier molecular flexibility index (Phi) is 8.21. The second kappa shape index (κ2) is 8.81. The highest BCUT2D eigenvalue weighted by molar-refractivity contribution is 5.74. The van der Waals surface area contributed by atoms with E-state index < -0.39 is 30.1 Å². The van der Waals surface area contributed by atoms with Gasteiger partial charge < -0.3 is 32.1 Å². The fourth-order valence-electron chi connectivity index (χ4n) is 1.37. The van der Waals surface area contributed by atoms with Crippen molar-refractivity contribution in [3.05, 3.63) is 0 Å². The molecule has 1 aliphatic rings. The van der Waals surface area contributed by atoms with Gasteiger partial charge >= 0.3 is 11.9 Å². The van der Waals surface area contributed by atoms with Gasteiger partial charge in [-0.3, -0.25) is 9.59 Å². The van der Waals surface area contributed by atoms with E-state index in [1.54, 1.807) is 0 Å². The van der Waals surface area contributed by atoms with E-state index in [0.29, 0.717) is 32.4 Å². The topological polar surface area (TPSA) is 159 Å². The van der Waals surface area contributed by atoms with Crippen molar-refractivity contribution >= 4 is 11.9 Å². The quantitative estimate of drug-likeness (QED) is 0.330. The maximum Gasteiger partial charge on any atom is 0.320 e. The van der Waals surface area contributed by atoms with Gasteiger partial charge in [-0.2, -0.15) is 0 Å². The van der Waals surface area contributed by atoms with Gasteiger partial charge in [0, 0.05) is 13.0 Å². The first-order valence-corrected chi connectivity index (χ1v) is 5.71. The highest BCUT2D eigenvalue weighted by Crippen LogP contribution is 2.05. The Morgan fingerprint density at radius 3 is 2.28 bits per heavy atom. The van der Waals surface area contributed by atoms with Crippen molar-refractivity contribution < 1.29 is 24.9 Å². The minimum absolute atomic E-state index is 0.329. The summed E-state index contributed by atoms with van der Waals surface area (Å²) in [5.41, 5.74) is 10.3. The van der Waals surface area contributed by atoms with E-state index in [1.165, 1.54) is 0 Å². The van der Waals surface area contributed by atoms with Crippen LogP contribution < -0.4 is 16.8 Å². The molecular weight excluding hydrogens is 242 g/mol. The summed E-state index contributed by atoms with van der Waals surface area (Å²) in [6, 6.07) is -1.28. The van der Waals surface area contributed by atoms with Gasteiger partial charge in [-0.15, -0.1) is 0 Å². The molecule has 0 amide bonds. The van der Waals surface area contributed by atoms with Gasteiger partial charge in [0.05, 0.1) is 6.10 Å². The molecule has 0 aliphatic carbocycles. The number of aliphatic hydroxyl groups is 1. The number of carbonyl (C=O) groups is 2. The lowest BCUT2D eigenvalue weighted by Crippen LogP contribution is -2.30. The zero-order valence-corrected chi connectivity index (χ0v) is 10.1. The van der Waals surface area contributed by atoms with E-state index in [9.17, 15) is 9.59 Å². The van der Waals surface area contributed by atoms with Gasteiger partial charge in [0.2, 0.25) is 0 Å². The van der Waals surface area contributed by atoms with E-state index in [0.717, 1.165) is 0 Å². The lowest BCUT2D eigenvalue weighted by Gasteiger charge is -2.02. The summed E-state index contributed by atoms with van der Waals surface area (Å²) in [5.74, 6) is -1.84. The number of nitrogens with two attached hydrogens (primary N) is 2. The smallest absolute Gasteiger partial charge is 0.320 e. The van der Waals surface area contributed by atoms with E-state index in [1.807, 2.05) is 0 Å². The third-order valence-electron chi connectivity index (χ3n) is 2.44. The fraction of sp³-hybridized carbons (Fsp3) is 0.800. The first-order valence-electron chi connectivity index (χ1n) is 5.71. The monoisotopic (exact) mass is 263 g/mol. The van der Waals surface area contributed by atoms with Gasteiger partial charge in [-0.25, -0.2) is 0 Å². The van der Waals surface area contributed by atoms with Crippen LogP contribution in [0.15, 0.2) is 0 Å². The second-order valence-electron chi connectivity index (χ2n) is 4.06. The number of β-amino-alcohol motifs (C(OH)–C–C–N with tert-alkyl or cyclic N) is 1. The van der Waals surface area contributed by atoms with Crippen LogP contribution in [0.3, 0.4) is 0 Å². The van der Waals surface area contributed by atoms with Crippen molar-refractivity contribution in [2.75, 3.05) is 13.1 Å². The molecule has 106 valence electrons. The van der Waals surface area contributed by atoms with Crippen molar-refractivity contribution in [2.24, 2.45) is 11.5 Å². The van der Waals surface area contributed by atoms with Crippen molar-refractivity contribution in [3.8, 4) is 0 Å². The van der Waals surface area contributed by atoms with Crippen LogP contribution in [0.5, 0.6) is 0 Å². The number of aliphatic carboxylic acids is 2. The predicted molar refractivity (Wildman–Crippen MR) is 63.9 cm³/mol. The van der Waals surface area contributed by atoms with Crippen LogP contribution in [0.4, 0.5) is 0 Å². The van der Waals surface area contributed by atoms with Crippen molar-refractivity contribution in [2.45, 2.75) is 37.5 Å². The average Bonchev–Trinajstić information content (AvgIpc) is 2.73. The molecule has 1 heterocycles. The van der Waals surface area contributed by atoms with Gasteiger partial charge in [0.25, 0.3) is 0 Å². The van der Waals surface area contributed by atoms with Crippen LogP contribution in [-0.2, 0) is 9.59 Å². The maximum absolute atomic E-state index is 10.2. The fourth-order valence-corrected chi connectivity index (χ4v) is 1.37. The Balaban J connectivity index is 0.000000321. The Labute approximate surface area is 105 Å². The van der Waals surface area contributed by atoms with E-state index in [-0.39, 0.29) is 0 Å². The van der Waals surface area contributed by atoms with Gasteiger partial charge in [-0.1, -0.05) is 0 Å². The summed E-state index contributed by atoms with van der Waals surface area (Å²) < 4.78 is 0. The molecule has 1 unspecified atom stereocenters. The SMILES string of the molecule is NCCCC(N)C(=O)O.O=C(O)[C@@H]1C[C@@H](O)CN1. The number of rotatable bonds is 5. The first kappa shape index (κ1) is 16.8. The Hall–Kier alpha value is -1.22. The van der Waals surface area contributed by atoms with Crippen molar-refractivity contribution in [1.82, 2.24) is 5.32 Å². The highest BCUT2D eigenvalue weighted by Gasteiger charge is 2.27. The molecule has 0 spiro atoms. The third kappa shape index (κ3) is 7.17. The number of aliphatic hydroxyl groups excluding tert-OH is 1. The molecule has 8 nitrogen and oxygen atoms in total. The van der Waals surface area contributed by atoms with Gasteiger partial charge in [0.15, 0.2) is 0 Å². The first-order chi connectivity index (χ1) is 8.38. The summed E-state index contributed by atoms with van der Waals surface area (Å²) in [7, 11) is 0. The molecule has 1 rings (SSSR count). The molecule has 8 heteroatoms. The molecular formula is C10H21N3O5. The van der Waals surface area contributed by atoms with Gasteiger partial charge in [-0.05, 0) is 19.4 Å². The maximum atomic E-state index is 10.2. The molecule has 0 radical (unpaired) electrons. The lowest BCUT2D eigenvalue weighted by molar-refractivity contribution is -0.139. The Bertz CT molecular complexity index is 274. The highest BCUT2D eigenvalue weighted by atomic mass is 16.4. The predicted octanol–water partition coefficient (Wildman–Crippen LogP) is -2.07. The van der Waals surface area contributed by atoms with E-state index in [4.69, 9.17) is 26.8 Å². The zero-order valence-electron chi connectivity index (χ0n) is 10.1. The Morgan fingerprint density at radius 1 is 1.39 bits per heavy atom. The van der Waals surface area contributed by atoms with Gasteiger partial charge in [0.1, 0.15) is 12.1 Å². The summed E-state index contributed by atoms with van der Waals surface area (Å²) >= 11 is 0. The summed E-state index contributed by atoms with van der Waals surface area (Å²) in [4.78, 5) is 20.2. The molecule has 0 aromatic heterocycles. The molecule has 3 atom stereocenters. The molecule has 1 aliphatic heterocycles. The van der Waals surface area contributed by atoms with Crippen molar-refractivity contribution in [3.63, 3.8) is 0 Å². The zero-order chi connectivity index (χ0) is 14.1. The molecule has 1 saturated heterocycles. The molecule has 0 saturated carbocycles. The van der Waals surface area contributed by atoms with E-state index >= 15 is 0 Å². The standard InChI is InChI=1S/C5H12N2O2.C5H9NO3/c6-3-1-2-4(7)5(8)9;7-3-1-4(5(8)9)6-2-3/h4H,1-3,6-7H2,(H,8,9);3-4,6-7H,1-2H2,(H,8,9)/t;3-,4+/m.1/s1. The minimum atomic E-state index is -0.955. The number of carboxylic acid groups (broad SMARTS) is 2. The molecule has 18 heavy (non-hydrogen) atoms. The summed E-state index contributed by atoms with van der Waals surface area (Å²) in [5, 5.41) is 28.1. The number of hydrogen-bond donors (Lipinski definition) is 6. The molecule has 0 aromatic rings. The third-order valence-corrected chi connectivity index (χ3v) is 2.44. The largest absolute Gasteiger partial charge is 0.480 e. The number of carboxylic acids is 2. The Morgan fingerprint density at radius 2 is 2.00 bits per heavy atom. The molecule has 1 fully saturated rings. The van der Waals surface area contributed by atoms with E-state index in [2.05, 4.69) is 5.32 Å². The summed E-state index contributed by atoms with van der Waals surface area (Å²) in [6.45, 7) is 0.901. The number of nitrogens with one attached hydrogen (secondary N) is 1. The number of hydrogen-bond acceptors (Lipinski definition) is 6. The lowest BCUT2D eigenvalue weighted by atomic mass is 10.2. The summed E-state index contributed by atoms with van der Waals surface area (Å²) in [6.07, 6.45) is 0.986. The molecule has 0 aromatic carbocycles. The van der Waals surface area contributed by atoms with Crippen LogP contribution in [-0.4, -0.2) is 58.5 Å².